The molecule has 1 amide bonds. The molecule has 1 aromatic rings. The molecule has 1 aliphatic rings. The van der Waals surface area contributed by atoms with Crippen LogP contribution >= 0.6 is 11.3 Å². The van der Waals surface area contributed by atoms with Gasteiger partial charge in [0.2, 0.25) is 5.91 Å². The second kappa shape index (κ2) is 6.90. The number of hydrogen-bond donors (Lipinski definition) is 1. The Balaban J connectivity index is 1.86. The molecule has 1 saturated heterocycles. The Morgan fingerprint density at radius 2 is 2.50 bits per heavy atom. The first-order valence-corrected chi connectivity index (χ1v) is 7.76. The minimum absolute atomic E-state index is 0.316. The standard InChI is InChI=1S/C14H22N2OS/c1-2-8-16(13-5-7-15-10-13)14(17)4-3-12-6-9-18-11-12/h6,9,11,13,15H,2-5,7-8,10H2,1H3. The lowest BCUT2D eigenvalue weighted by molar-refractivity contribution is -0.133. The molecule has 1 aromatic heterocycles. The molecule has 2 heterocycles. The molecule has 1 unspecified atom stereocenters. The van der Waals surface area contributed by atoms with E-state index >= 15 is 0 Å². The van der Waals surface area contributed by atoms with Gasteiger partial charge in [-0.15, -0.1) is 0 Å². The fourth-order valence-corrected chi connectivity index (χ4v) is 3.19. The van der Waals surface area contributed by atoms with E-state index in [2.05, 4.69) is 34.0 Å². The van der Waals surface area contributed by atoms with E-state index in [9.17, 15) is 4.79 Å². The summed E-state index contributed by atoms with van der Waals surface area (Å²) in [5, 5.41) is 7.55. The molecule has 3 nitrogen and oxygen atoms in total. The Labute approximate surface area is 113 Å². The molecule has 18 heavy (non-hydrogen) atoms. The molecule has 1 fully saturated rings. The molecule has 4 heteroatoms. The molecule has 0 aliphatic carbocycles. The third-order valence-corrected chi connectivity index (χ3v) is 4.20. The molecular formula is C14H22N2OS. The van der Waals surface area contributed by atoms with Gasteiger partial charge in [0.1, 0.15) is 0 Å². The maximum absolute atomic E-state index is 12.3. The van der Waals surface area contributed by atoms with Gasteiger partial charge in [-0.2, -0.15) is 11.3 Å². The van der Waals surface area contributed by atoms with Gasteiger partial charge in [-0.05, 0) is 48.2 Å². The van der Waals surface area contributed by atoms with Gasteiger partial charge < -0.3 is 10.2 Å². The molecule has 1 N–H and O–H groups in total. The topological polar surface area (TPSA) is 32.3 Å². The minimum Gasteiger partial charge on any atom is -0.338 e. The number of amides is 1. The molecule has 1 atom stereocenters. The number of hydrogen-bond acceptors (Lipinski definition) is 3. The number of carbonyl (C=O) groups excluding carboxylic acids is 1. The summed E-state index contributed by atoms with van der Waals surface area (Å²) >= 11 is 1.70. The molecule has 1 aliphatic heterocycles. The maximum Gasteiger partial charge on any atom is 0.223 e. The Bertz CT molecular complexity index is 358. The zero-order valence-corrected chi connectivity index (χ0v) is 11.8. The molecular weight excluding hydrogens is 244 g/mol. The summed E-state index contributed by atoms with van der Waals surface area (Å²) in [6.45, 7) is 5.04. The van der Waals surface area contributed by atoms with Gasteiger partial charge in [-0.3, -0.25) is 4.79 Å². The zero-order valence-electron chi connectivity index (χ0n) is 11.0. The lowest BCUT2D eigenvalue weighted by Crippen LogP contribution is -2.42. The number of thiophene rings is 1. The van der Waals surface area contributed by atoms with E-state index in [-0.39, 0.29) is 0 Å². The van der Waals surface area contributed by atoms with Crippen molar-refractivity contribution in [3.63, 3.8) is 0 Å². The van der Waals surface area contributed by atoms with Gasteiger partial charge in [-0.1, -0.05) is 6.92 Å². The summed E-state index contributed by atoms with van der Waals surface area (Å²) in [5.74, 6) is 0.316. The van der Waals surface area contributed by atoms with Crippen LogP contribution in [0.2, 0.25) is 0 Å². The third-order valence-electron chi connectivity index (χ3n) is 3.47. The highest BCUT2D eigenvalue weighted by Crippen LogP contribution is 2.14. The Morgan fingerprint density at radius 1 is 1.61 bits per heavy atom. The summed E-state index contributed by atoms with van der Waals surface area (Å²) in [4.78, 5) is 14.4. The van der Waals surface area contributed by atoms with E-state index in [1.165, 1.54) is 5.56 Å². The van der Waals surface area contributed by atoms with E-state index in [0.29, 0.717) is 18.4 Å². The highest BCUT2D eigenvalue weighted by molar-refractivity contribution is 7.07. The summed E-state index contributed by atoms with van der Waals surface area (Å²) in [7, 11) is 0. The first kappa shape index (κ1) is 13.6. The van der Waals surface area contributed by atoms with Crippen molar-refractivity contribution in [1.82, 2.24) is 10.2 Å². The molecule has 0 saturated carbocycles. The van der Waals surface area contributed by atoms with Crippen molar-refractivity contribution in [2.45, 2.75) is 38.6 Å². The molecule has 2 rings (SSSR count). The number of aryl methyl sites for hydroxylation is 1. The highest BCUT2D eigenvalue weighted by Gasteiger charge is 2.25. The normalized spacial score (nSPS) is 19.1. The van der Waals surface area contributed by atoms with E-state index in [1.54, 1.807) is 11.3 Å². The van der Waals surface area contributed by atoms with E-state index in [0.717, 1.165) is 38.9 Å². The summed E-state index contributed by atoms with van der Waals surface area (Å²) < 4.78 is 0. The average molecular weight is 266 g/mol. The number of rotatable bonds is 6. The fourth-order valence-electron chi connectivity index (χ4n) is 2.49. The Morgan fingerprint density at radius 3 is 3.11 bits per heavy atom. The van der Waals surface area contributed by atoms with Gasteiger partial charge >= 0.3 is 0 Å². The summed E-state index contributed by atoms with van der Waals surface area (Å²) in [5.41, 5.74) is 1.29. The van der Waals surface area contributed by atoms with Crippen LogP contribution in [0.1, 0.15) is 31.7 Å². The second-order valence-corrected chi connectivity index (χ2v) is 5.65. The van der Waals surface area contributed by atoms with Gasteiger partial charge in [-0.25, -0.2) is 0 Å². The van der Waals surface area contributed by atoms with Crippen molar-refractivity contribution >= 4 is 17.2 Å². The van der Waals surface area contributed by atoms with Gasteiger partial charge in [0.25, 0.3) is 0 Å². The lowest BCUT2D eigenvalue weighted by Gasteiger charge is -2.28. The van der Waals surface area contributed by atoms with Crippen LogP contribution in [0.4, 0.5) is 0 Å². The summed E-state index contributed by atoms with van der Waals surface area (Å²) in [6, 6.07) is 2.53. The average Bonchev–Trinajstić information content (AvgIpc) is 3.05. The van der Waals surface area contributed by atoms with Crippen molar-refractivity contribution in [3.8, 4) is 0 Å². The van der Waals surface area contributed by atoms with Gasteiger partial charge in [0.15, 0.2) is 0 Å². The first-order valence-electron chi connectivity index (χ1n) is 6.82. The number of carbonyl (C=O) groups is 1. The number of nitrogens with one attached hydrogen (secondary N) is 1. The molecule has 100 valence electrons. The fraction of sp³-hybridized carbons (Fsp3) is 0.643. The van der Waals surface area contributed by atoms with Crippen molar-refractivity contribution in [3.05, 3.63) is 22.4 Å². The largest absolute Gasteiger partial charge is 0.338 e. The lowest BCUT2D eigenvalue weighted by atomic mass is 10.1. The van der Waals surface area contributed by atoms with Crippen molar-refractivity contribution in [1.29, 1.82) is 0 Å². The van der Waals surface area contributed by atoms with E-state index in [4.69, 9.17) is 0 Å². The van der Waals surface area contributed by atoms with E-state index in [1.807, 2.05) is 0 Å². The van der Waals surface area contributed by atoms with Crippen LogP contribution in [0.3, 0.4) is 0 Å². The van der Waals surface area contributed by atoms with E-state index < -0.39 is 0 Å². The van der Waals surface area contributed by atoms with Crippen LogP contribution < -0.4 is 5.32 Å². The SMILES string of the molecule is CCCN(C(=O)CCc1ccsc1)C1CCNC1. The van der Waals surface area contributed by atoms with Crippen molar-refractivity contribution in [2.75, 3.05) is 19.6 Å². The first-order chi connectivity index (χ1) is 8.81. The Hall–Kier alpha value is -0.870. The third kappa shape index (κ3) is 3.56. The monoisotopic (exact) mass is 266 g/mol. The molecule has 0 spiro atoms. The van der Waals surface area contributed by atoms with Crippen LogP contribution in [0.15, 0.2) is 16.8 Å². The van der Waals surface area contributed by atoms with Crippen LogP contribution in [-0.2, 0) is 11.2 Å². The quantitative estimate of drug-likeness (QED) is 0.857. The van der Waals surface area contributed by atoms with Crippen molar-refractivity contribution in [2.24, 2.45) is 0 Å². The summed E-state index contributed by atoms with van der Waals surface area (Å²) in [6.07, 6.45) is 3.67. The molecule has 0 aromatic carbocycles. The second-order valence-electron chi connectivity index (χ2n) is 4.87. The minimum atomic E-state index is 0.316. The molecule has 0 bridgehead atoms. The van der Waals surface area contributed by atoms with Gasteiger partial charge in [0, 0.05) is 25.6 Å². The maximum atomic E-state index is 12.3. The Kier molecular flexibility index (Phi) is 5.20. The zero-order chi connectivity index (χ0) is 12.8. The van der Waals surface area contributed by atoms with Crippen LogP contribution in [0.25, 0.3) is 0 Å². The van der Waals surface area contributed by atoms with Crippen molar-refractivity contribution < 1.29 is 4.79 Å². The molecule has 0 radical (unpaired) electrons. The van der Waals surface area contributed by atoms with Crippen LogP contribution in [0, 0.1) is 0 Å². The van der Waals surface area contributed by atoms with Crippen LogP contribution in [-0.4, -0.2) is 36.5 Å². The van der Waals surface area contributed by atoms with Crippen LogP contribution in [0.5, 0.6) is 0 Å². The highest BCUT2D eigenvalue weighted by atomic mass is 32.1. The predicted octanol–water partition coefficient (Wildman–Crippen LogP) is 2.28. The smallest absolute Gasteiger partial charge is 0.223 e. The number of nitrogens with zero attached hydrogens (tertiary/aromatic N) is 1. The van der Waals surface area contributed by atoms with Gasteiger partial charge in [0.05, 0.1) is 0 Å². The predicted molar refractivity (Wildman–Crippen MR) is 75.9 cm³/mol.